The molecule has 1 N–H and O–H groups in total. The van der Waals surface area contributed by atoms with Crippen LogP contribution in [-0.2, 0) is 16.0 Å². The number of nitrogens with one attached hydrogen (secondary N) is 1. The molecular formula is C17H23N3O2. The Labute approximate surface area is 131 Å². The zero-order valence-electron chi connectivity index (χ0n) is 12.8. The first-order valence-corrected chi connectivity index (χ1v) is 8.20. The molecule has 22 heavy (non-hydrogen) atoms. The maximum Gasteiger partial charge on any atom is 0.225 e. The molecule has 0 bridgehead atoms. The van der Waals surface area contributed by atoms with Crippen molar-refractivity contribution in [1.82, 2.24) is 15.2 Å². The molecule has 2 heterocycles. The van der Waals surface area contributed by atoms with Crippen molar-refractivity contribution in [3.63, 3.8) is 0 Å². The van der Waals surface area contributed by atoms with Crippen molar-refractivity contribution in [3.8, 4) is 0 Å². The van der Waals surface area contributed by atoms with E-state index in [0.717, 1.165) is 44.3 Å². The Hall–Kier alpha value is -1.91. The van der Waals surface area contributed by atoms with Crippen LogP contribution < -0.4 is 5.32 Å². The second kappa shape index (κ2) is 6.90. The van der Waals surface area contributed by atoms with Gasteiger partial charge in [-0.2, -0.15) is 0 Å². The van der Waals surface area contributed by atoms with Gasteiger partial charge < -0.3 is 10.2 Å². The zero-order chi connectivity index (χ0) is 15.4. The number of piperidine rings is 1. The van der Waals surface area contributed by atoms with Crippen molar-refractivity contribution in [3.05, 3.63) is 30.1 Å². The van der Waals surface area contributed by atoms with E-state index in [2.05, 4.69) is 10.3 Å². The number of pyridine rings is 1. The molecule has 0 spiro atoms. The molecule has 1 aliphatic heterocycles. The molecule has 1 saturated heterocycles. The summed E-state index contributed by atoms with van der Waals surface area (Å²) in [6.45, 7) is 2.00. The monoisotopic (exact) mass is 301 g/mol. The normalized spacial score (nSPS) is 21.5. The predicted molar refractivity (Wildman–Crippen MR) is 83.0 cm³/mol. The standard InChI is InChI=1S/C17H23N3O2/c21-16(19-10-8-15-5-1-2-9-18-15)14-4-3-11-20(12-14)17(22)13-6-7-13/h1-2,5,9,13-14H,3-4,6-8,10-12H2,(H,19,21). The highest BCUT2D eigenvalue weighted by molar-refractivity contribution is 5.83. The van der Waals surface area contributed by atoms with Gasteiger partial charge >= 0.3 is 0 Å². The zero-order valence-corrected chi connectivity index (χ0v) is 12.8. The van der Waals surface area contributed by atoms with Crippen LogP contribution in [0.25, 0.3) is 0 Å². The molecule has 0 radical (unpaired) electrons. The number of carbonyl (C=O) groups excluding carboxylic acids is 2. The molecule has 118 valence electrons. The molecule has 3 rings (SSSR count). The van der Waals surface area contributed by atoms with E-state index in [1.807, 2.05) is 23.1 Å². The van der Waals surface area contributed by atoms with Gasteiger partial charge in [0.05, 0.1) is 5.92 Å². The van der Waals surface area contributed by atoms with Gasteiger partial charge in [0.1, 0.15) is 0 Å². The summed E-state index contributed by atoms with van der Waals surface area (Å²) in [5.74, 6) is 0.515. The lowest BCUT2D eigenvalue weighted by molar-refractivity contribution is -0.136. The maximum absolute atomic E-state index is 12.3. The number of likely N-dealkylation sites (tertiary alicyclic amines) is 1. The first kappa shape index (κ1) is 15.0. The van der Waals surface area contributed by atoms with Crippen molar-refractivity contribution >= 4 is 11.8 Å². The van der Waals surface area contributed by atoms with Gasteiger partial charge in [-0.05, 0) is 37.8 Å². The Morgan fingerprint density at radius 3 is 2.82 bits per heavy atom. The van der Waals surface area contributed by atoms with E-state index >= 15 is 0 Å². The molecule has 2 fully saturated rings. The average Bonchev–Trinajstić information content (AvgIpc) is 3.40. The lowest BCUT2D eigenvalue weighted by Crippen LogP contribution is -2.46. The van der Waals surface area contributed by atoms with E-state index in [4.69, 9.17) is 0 Å². The van der Waals surface area contributed by atoms with Crippen molar-refractivity contribution in [2.45, 2.75) is 32.1 Å². The molecule has 0 aromatic carbocycles. The lowest BCUT2D eigenvalue weighted by atomic mass is 9.96. The van der Waals surface area contributed by atoms with Gasteiger partial charge in [-0.25, -0.2) is 0 Å². The third kappa shape index (κ3) is 3.84. The molecule has 1 atom stereocenters. The van der Waals surface area contributed by atoms with Crippen LogP contribution in [0.3, 0.4) is 0 Å². The average molecular weight is 301 g/mol. The fourth-order valence-corrected chi connectivity index (χ4v) is 2.98. The second-order valence-corrected chi connectivity index (χ2v) is 6.26. The van der Waals surface area contributed by atoms with Crippen LogP contribution in [0.5, 0.6) is 0 Å². The third-order valence-electron chi connectivity index (χ3n) is 4.44. The van der Waals surface area contributed by atoms with Gasteiger partial charge in [0, 0.05) is 43.9 Å². The Balaban J connectivity index is 1.44. The van der Waals surface area contributed by atoms with Crippen LogP contribution in [-0.4, -0.2) is 41.3 Å². The molecule has 1 aliphatic carbocycles. The smallest absolute Gasteiger partial charge is 0.225 e. The Kier molecular flexibility index (Phi) is 4.71. The Bertz CT molecular complexity index is 528. The Morgan fingerprint density at radius 2 is 2.09 bits per heavy atom. The SMILES string of the molecule is O=C(NCCc1ccccn1)C1CCCN(C(=O)C2CC2)C1. The summed E-state index contributed by atoms with van der Waals surface area (Å²) < 4.78 is 0. The van der Waals surface area contributed by atoms with E-state index in [9.17, 15) is 9.59 Å². The van der Waals surface area contributed by atoms with Crippen molar-refractivity contribution in [2.24, 2.45) is 11.8 Å². The largest absolute Gasteiger partial charge is 0.355 e. The molecule has 1 aromatic rings. The molecule has 2 amide bonds. The predicted octanol–water partition coefficient (Wildman–Crippen LogP) is 1.39. The summed E-state index contributed by atoms with van der Waals surface area (Å²) in [7, 11) is 0. The number of rotatable bonds is 5. The third-order valence-corrected chi connectivity index (χ3v) is 4.44. The summed E-state index contributed by atoms with van der Waals surface area (Å²) >= 11 is 0. The summed E-state index contributed by atoms with van der Waals surface area (Å²) in [4.78, 5) is 30.5. The minimum atomic E-state index is -0.0554. The minimum absolute atomic E-state index is 0.0554. The van der Waals surface area contributed by atoms with E-state index in [0.29, 0.717) is 13.1 Å². The van der Waals surface area contributed by atoms with Crippen molar-refractivity contribution < 1.29 is 9.59 Å². The number of amides is 2. The molecular weight excluding hydrogens is 278 g/mol. The quantitative estimate of drug-likeness (QED) is 0.894. The summed E-state index contributed by atoms with van der Waals surface area (Å²) in [6.07, 6.45) is 6.36. The maximum atomic E-state index is 12.3. The lowest BCUT2D eigenvalue weighted by Gasteiger charge is -2.32. The minimum Gasteiger partial charge on any atom is -0.355 e. The van der Waals surface area contributed by atoms with Gasteiger partial charge in [-0.3, -0.25) is 14.6 Å². The van der Waals surface area contributed by atoms with Gasteiger partial charge in [-0.1, -0.05) is 6.07 Å². The van der Waals surface area contributed by atoms with E-state index in [1.165, 1.54) is 0 Å². The molecule has 1 aromatic heterocycles. The van der Waals surface area contributed by atoms with E-state index in [-0.39, 0.29) is 23.7 Å². The second-order valence-electron chi connectivity index (χ2n) is 6.26. The van der Waals surface area contributed by atoms with Crippen LogP contribution in [0.4, 0.5) is 0 Å². The summed E-state index contributed by atoms with van der Waals surface area (Å²) in [5.41, 5.74) is 0.983. The molecule has 5 nitrogen and oxygen atoms in total. The highest BCUT2D eigenvalue weighted by Gasteiger charge is 2.36. The van der Waals surface area contributed by atoms with Crippen LogP contribution in [0.2, 0.25) is 0 Å². The number of hydrogen-bond acceptors (Lipinski definition) is 3. The fraction of sp³-hybridized carbons (Fsp3) is 0.588. The van der Waals surface area contributed by atoms with Gasteiger partial charge in [-0.15, -0.1) is 0 Å². The number of nitrogens with zero attached hydrogens (tertiary/aromatic N) is 2. The highest BCUT2D eigenvalue weighted by Crippen LogP contribution is 2.32. The summed E-state index contributed by atoms with van der Waals surface area (Å²) in [6, 6.07) is 5.80. The Morgan fingerprint density at radius 1 is 1.23 bits per heavy atom. The van der Waals surface area contributed by atoms with Crippen LogP contribution >= 0.6 is 0 Å². The van der Waals surface area contributed by atoms with Gasteiger partial charge in [0.2, 0.25) is 11.8 Å². The van der Waals surface area contributed by atoms with Crippen LogP contribution in [0.15, 0.2) is 24.4 Å². The molecule has 2 aliphatic rings. The fourth-order valence-electron chi connectivity index (χ4n) is 2.98. The van der Waals surface area contributed by atoms with Crippen LogP contribution in [0.1, 0.15) is 31.4 Å². The first-order valence-electron chi connectivity index (χ1n) is 8.20. The molecule has 1 saturated carbocycles. The number of carbonyl (C=O) groups is 2. The van der Waals surface area contributed by atoms with Gasteiger partial charge in [0.25, 0.3) is 0 Å². The highest BCUT2D eigenvalue weighted by atomic mass is 16.2. The molecule has 1 unspecified atom stereocenters. The van der Waals surface area contributed by atoms with E-state index in [1.54, 1.807) is 6.20 Å². The summed E-state index contributed by atoms with van der Waals surface area (Å²) in [5, 5.41) is 2.99. The van der Waals surface area contributed by atoms with Crippen LogP contribution in [0, 0.1) is 11.8 Å². The number of hydrogen-bond donors (Lipinski definition) is 1. The first-order chi connectivity index (χ1) is 10.7. The van der Waals surface area contributed by atoms with Crippen molar-refractivity contribution in [1.29, 1.82) is 0 Å². The van der Waals surface area contributed by atoms with Crippen molar-refractivity contribution in [2.75, 3.05) is 19.6 Å². The topological polar surface area (TPSA) is 62.3 Å². The van der Waals surface area contributed by atoms with Gasteiger partial charge in [0.15, 0.2) is 0 Å². The van der Waals surface area contributed by atoms with E-state index < -0.39 is 0 Å². The molecule has 5 heteroatoms. The number of aromatic nitrogens is 1.